The fourth-order valence-electron chi connectivity index (χ4n) is 0.782. The van der Waals surface area contributed by atoms with Gasteiger partial charge in [-0.3, -0.25) is 4.99 Å². The van der Waals surface area contributed by atoms with Gasteiger partial charge in [0.1, 0.15) is 0 Å². The Balaban J connectivity index is 3.65. The van der Waals surface area contributed by atoms with Crippen LogP contribution in [0, 0.1) is 5.92 Å². The Morgan fingerprint density at radius 2 is 2.08 bits per heavy atom. The molecule has 0 heterocycles. The molecule has 0 N–H and O–H groups in total. The highest BCUT2D eigenvalue weighted by Crippen LogP contribution is 2.02. The first kappa shape index (κ1) is 12.1. The molecule has 2 atom stereocenters. The lowest BCUT2D eigenvalue weighted by Gasteiger charge is -1.98. The second-order valence-corrected chi connectivity index (χ2v) is 4.75. The maximum Gasteiger partial charge on any atom is 0.0978 e. The minimum atomic E-state index is 0.393. The summed E-state index contributed by atoms with van der Waals surface area (Å²) in [7, 11) is 0. The third-order valence-corrected chi connectivity index (χ3v) is 1.74. The van der Waals surface area contributed by atoms with Crippen molar-refractivity contribution in [3.8, 4) is 0 Å². The third-order valence-electron chi connectivity index (χ3n) is 1.42. The summed E-state index contributed by atoms with van der Waals surface area (Å²) in [6.07, 6.45) is 8.87. The highest BCUT2D eigenvalue weighted by atomic mass is 127. The van der Waals surface area contributed by atoms with Crippen molar-refractivity contribution in [1.29, 1.82) is 0 Å². The maximum absolute atomic E-state index is 4.31. The Morgan fingerprint density at radius 1 is 1.42 bits per heavy atom. The molecule has 0 rings (SSSR count). The van der Waals surface area contributed by atoms with Crippen LogP contribution in [0.4, 0.5) is 0 Å². The van der Waals surface area contributed by atoms with E-state index >= 15 is 0 Å². The summed E-state index contributed by atoms with van der Waals surface area (Å²) in [6, 6.07) is 0. The van der Waals surface area contributed by atoms with Crippen LogP contribution >= 0.6 is 22.6 Å². The van der Waals surface area contributed by atoms with Crippen molar-refractivity contribution in [3.63, 3.8) is 0 Å². The Labute approximate surface area is 89.5 Å². The van der Waals surface area contributed by atoms with E-state index in [-0.39, 0.29) is 0 Å². The summed E-state index contributed by atoms with van der Waals surface area (Å²) < 4.78 is 0.393. The Hall–Kier alpha value is 0.140. The van der Waals surface area contributed by atoms with E-state index in [1.165, 1.54) is 12.8 Å². The molecule has 0 aromatic carbocycles. The lowest BCUT2D eigenvalue weighted by atomic mass is 10.1. The number of nitrogens with zero attached hydrogens (tertiary/aromatic N) is 1. The molecule has 0 aromatic rings. The normalized spacial score (nSPS) is 17.3. The van der Waals surface area contributed by atoms with Gasteiger partial charge >= 0.3 is 0 Å². The minimum Gasteiger partial charge on any atom is -0.283 e. The van der Waals surface area contributed by atoms with E-state index in [2.05, 4.69) is 60.5 Å². The summed E-state index contributed by atoms with van der Waals surface area (Å²) >= 11 is 2.30. The zero-order valence-electron chi connectivity index (χ0n) is 8.13. The van der Waals surface area contributed by atoms with Crippen molar-refractivity contribution >= 4 is 28.8 Å². The number of aliphatic imine (C=N–C) groups is 1. The van der Waals surface area contributed by atoms with Gasteiger partial charge in [0.05, 0.1) is 4.05 Å². The number of allylic oxidation sites excluding steroid dienone is 2. The standard InChI is InChI=1S/C10H18IN/c1-4-5-6-7-9(2)8-12-10(3)11/h6-10H,4-5H2,1-3H3/b7-6-,12-8-. The predicted molar refractivity (Wildman–Crippen MR) is 65.2 cm³/mol. The number of hydrogen-bond donors (Lipinski definition) is 0. The third kappa shape index (κ3) is 8.24. The van der Waals surface area contributed by atoms with Crippen LogP contribution in [0.3, 0.4) is 0 Å². The van der Waals surface area contributed by atoms with Crippen molar-refractivity contribution in [2.75, 3.05) is 0 Å². The average molecular weight is 279 g/mol. The minimum absolute atomic E-state index is 0.393. The first-order valence-corrected chi connectivity index (χ1v) is 5.75. The highest BCUT2D eigenvalue weighted by Gasteiger charge is 1.91. The van der Waals surface area contributed by atoms with Gasteiger partial charge in [0.15, 0.2) is 0 Å². The van der Waals surface area contributed by atoms with Gasteiger partial charge in [0.25, 0.3) is 0 Å². The van der Waals surface area contributed by atoms with Crippen LogP contribution in [0.5, 0.6) is 0 Å². The molecule has 0 aliphatic heterocycles. The maximum atomic E-state index is 4.31. The van der Waals surface area contributed by atoms with E-state index in [1.54, 1.807) is 0 Å². The summed E-state index contributed by atoms with van der Waals surface area (Å²) in [5, 5.41) is 0. The van der Waals surface area contributed by atoms with Crippen LogP contribution in [-0.2, 0) is 0 Å². The monoisotopic (exact) mass is 279 g/mol. The zero-order chi connectivity index (χ0) is 9.40. The van der Waals surface area contributed by atoms with Gasteiger partial charge < -0.3 is 0 Å². The molecule has 2 unspecified atom stereocenters. The van der Waals surface area contributed by atoms with Crippen molar-refractivity contribution in [3.05, 3.63) is 12.2 Å². The van der Waals surface area contributed by atoms with E-state index in [4.69, 9.17) is 0 Å². The largest absolute Gasteiger partial charge is 0.283 e. The molecule has 0 bridgehead atoms. The quantitative estimate of drug-likeness (QED) is 0.238. The lowest BCUT2D eigenvalue weighted by Crippen LogP contribution is -1.93. The van der Waals surface area contributed by atoms with E-state index in [0.29, 0.717) is 9.97 Å². The molecule has 1 nitrogen and oxygen atoms in total. The van der Waals surface area contributed by atoms with Gasteiger partial charge in [-0.1, -0.05) is 55.0 Å². The topological polar surface area (TPSA) is 12.4 Å². The Bertz CT molecular complexity index is 150. The van der Waals surface area contributed by atoms with Gasteiger partial charge in [-0.15, -0.1) is 0 Å². The molecule has 0 radical (unpaired) electrons. The van der Waals surface area contributed by atoms with E-state index in [9.17, 15) is 0 Å². The second kappa shape index (κ2) is 7.77. The van der Waals surface area contributed by atoms with E-state index < -0.39 is 0 Å². The molecule has 70 valence electrons. The predicted octanol–water partition coefficient (Wildman–Crippen LogP) is 3.83. The number of rotatable bonds is 5. The van der Waals surface area contributed by atoms with Crippen LogP contribution < -0.4 is 0 Å². The SMILES string of the molecule is CCC/C=C\C(C)/C=N\C(C)I. The highest BCUT2D eigenvalue weighted by molar-refractivity contribution is 14.1. The van der Waals surface area contributed by atoms with E-state index in [1.807, 2.05) is 6.21 Å². The van der Waals surface area contributed by atoms with Crippen molar-refractivity contribution in [1.82, 2.24) is 0 Å². The molecule has 0 saturated carbocycles. The van der Waals surface area contributed by atoms with Gasteiger partial charge in [0, 0.05) is 12.1 Å². The summed E-state index contributed by atoms with van der Waals surface area (Å²) in [5.41, 5.74) is 0. The molecular formula is C10H18IN. The lowest BCUT2D eigenvalue weighted by molar-refractivity contribution is 0.929. The van der Waals surface area contributed by atoms with Gasteiger partial charge in [0.2, 0.25) is 0 Å². The molecule has 0 amide bonds. The molecule has 0 aromatic heterocycles. The molecule has 0 fully saturated rings. The Kier molecular flexibility index (Phi) is 7.86. The number of unbranched alkanes of at least 4 members (excludes halogenated alkanes) is 1. The fourth-order valence-corrected chi connectivity index (χ4v) is 0.967. The van der Waals surface area contributed by atoms with Crippen LogP contribution in [0.2, 0.25) is 0 Å². The zero-order valence-corrected chi connectivity index (χ0v) is 10.3. The average Bonchev–Trinajstić information content (AvgIpc) is 2.01. The first-order valence-electron chi connectivity index (χ1n) is 4.50. The molecule has 0 aliphatic rings. The molecular weight excluding hydrogens is 261 g/mol. The first-order chi connectivity index (χ1) is 5.66. The van der Waals surface area contributed by atoms with Gasteiger partial charge in [-0.25, -0.2) is 0 Å². The molecule has 0 aliphatic carbocycles. The van der Waals surface area contributed by atoms with Crippen molar-refractivity contribution in [2.45, 2.75) is 37.7 Å². The summed E-state index contributed by atoms with van der Waals surface area (Å²) in [5.74, 6) is 0.480. The molecule has 0 spiro atoms. The summed E-state index contributed by atoms with van der Waals surface area (Å²) in [4.78, 5) is 4.31. The smallest absolute Gasteiger partial charge is 0.0978 e. The van der Waals surface area contributed by atoms with Gasteiger partial charge in [-0.2, -0.15) is 0 Å². The molecule has 12 heavy (non-hydrogen) atoms. The molecule has 0 saturated heterocycles. The van der Waals surface area contributed by atoms with Crippen molar-refractivity contribution in [2.24, 2.45) is 10.9 Å². The molecule has 2 heteroatoms. The van der Waals surface area contributed by atoms with E-state index in [0.717, 1.165) is 0 Å². The number of halogens is 1. The fraction of sp³-hybridized carbons (Fsp3) is 0.700. The van der Waals surface area contributed by atoms with Crippen LogP contribution in [0.15, 0.2) is 17.1 Å². The number of hydrogen-bond acceptors (Lipinski definition) is 1. The summed E-state index contributed by atoms with van der Waals surface area (Å²) in [6.45, 7) is 6.43. The van der Waals surface area contributed by atoms with Crippen LogP contribution in [-0.4, -0.2) is 10.3 Å². The number of alkyl halides is 1. The van der Waals surface area contributed by atoms with Crippen molar-refractivity contribution < 1.29 is 0 Å². The Morgan fingerprint density at radius 3 is 2.58 bits per heavy atom. The van der Waals surface area contributed by atoms with Crippen LogP contribution in [0.25, 0.3) is 0 Å². The second-order valence-electron chi connectivity index (χ2n) is 2.95. The van der Waals surface area contributed by atoms with Gasteiger partial charge in [-0.05, 0) is 13.3 Å². The van der Waals surface area contributed by atoms with Crippen LogP contribution in [0.1, 0.15) is 33.6 Å².